The van der Waals surface area contributed by atoms with Crippen LogP contribution >= 0.6 is 0 Å². The summed E-state index contributed by atoms with van der Waals surface area (Å²) in [7, 11) is 1.74. The van der Waals surface area contributed by atoms with Gasteiger partial charge < -0.3 is 15.4 Å². The molecule has 1 aliphatic rings. The normalized spacial score (nSPS) is 17.7. The van der Waals surface area contributed by atoms with Crippen LogP contribution in [0.4, 0.5) is 4.39 Å². The summed E-state index contributed by atoms with van der Waals surface area (Å²) in [6.45, 7) is 2.19. The van der Waals surface area contributed by atoms with Crippen molar-refractivity contribution in [2.75, 3.05) is 33.4 Å². The number of benzene rings is 1. The van der Waals surface area contributed by atoms with Gasteiger partial charge in [0.25, 0.3) is 0 Å². The molecule has 0 atom stereocenters. The quantitative estimate of drug-likeness (QED) is 0.852. The van der Waals surface area contributed by atoms with Gasteiger partial charge in [0.05, 0.1) is 6.54 Å². The lowest BCUT2D eigenvalue weighted by molar-refractivity contribution is -0.120. The van der Waals surface area contributed by atoms with Crippen LogP contribution in [0, 0.1) is 5.82 Å². The van der Waals surface area contributed by atoms with Crippen molar-refractivity contribution in [2.45, 2.75) is 18.3 Å². The molecule has 0 spiro atoms. The number of hydrogen-bond donors (Lipinski definition) is 2. The Morgan fingerprint density at radius 1 is 1.30 bits per heavy atom. The number of ether oxygens (including phenoxy) is 1. The number of hydrogen-bond acceptors (Lipinski definition) is 3. The van der Waals surface area contributed by atoms with Crippen LogP contribution in [0.15, 0.2) is 24.3 Å². The molecule has 1 heterocycles. The van der Waals surface area contributed by atoms with Crippen molar-refractivity contribution in [1.82, 2.24) is 10.6 Å². The summed E-state index contributed by atoms with van der Waals surface area (Å²) in [5.74, 6) is -0.268. The molecule has 20 heavy (non-hydrogen) atoms. The second-order valence-electron chi connectivity index (χ2n) is 5.21. The molecule has 1 aliphatic heterocycles. The number of rotatable bonds is 5. The highest BCUT2D eigenvalue weighted by Gasteiger charge is 2.34. The summed E-state index contributed by atoms with van der Waals surface area (Å²) >= 11 is 0. The van der Waals surface area contributed by atoms with Crippen molar-refractivity contribution in [3.63, 3.8) is 0 Å². The molecule has 5 heteroatoms. The van der Waals surface area contributed by atoms with Crippen LogP contribution in [-0.4, -0.2) is 39.3 Å². The van der Waals surface area contributed by atoms with Crippen LogP contribution in [0.3, 0.4) is 0 Å². The van der Waals surface area contributed by atoms with Crippen LogP contribution in [0.5, 0.6) is 0 Å². The maximum Gasteiger partial charge on any atom is 0.233 e. The summed E-state index contributed by atoms with van der Waals surface area (Å²) in [4.78, 5) is 11.6. The monoisotopic (exact) mass is 280 g/mol. The molecule has 1 saturated heterocycles. The first-order valence-corrected chi connectivity index (χ1v) is 6.91. The van der Waals surface area contributed by atoms with Crippen LogP contribution in [0.25, 0.3) is 0 Å². The molecular weight excluding hydrogens is 259 g/mol. The molecule has 0 aromatic heterocycles. The summed E-state index contributed by atoms with van der Waals surface area (Å²) < 4.78 is 18.5. The molecule has 1 fully saturated rings. The number of amides is 1. The van der Waals surface area contributed by atoms with E-state index in [0.717, 1.165) is 18.4 Å². The lowest BCUT2D eigenvalue weighted by Gasteiger charge is -2.38. The third-order valence-electron chi connectivity index (χ3n) is 3.87. The number of carbonyl (C=O) groups excluding carboxylic acids is 1. The Kier molecular flexibility index (Phi) is 5.09. The van der Waals surface area contributed by atoms with E-state index in [0.29, 0.717) is 26.3 Å². The Balaban J connectivity index is 2.12. The molecular formula is C15H21FN2O2. The van der Waals surface area contributed by atoms with Crippen LogP contribution in [-0.2, 0) is 14.9 Å². The fourth-order valence-electron chi connectivity index (χ4n) is 2.62. The average molecular weight is 280 g/mol. The first kappa shape index (κ1) is 14.9. The fourth-order valence-corrected chi connectivity index (χ4v) is 2.62. The van der Waals surface area contributed by atoms with Crippen molar-refractivity contribution in [2.24, 2.45) is 0 Å². The number of likely N-dealkylation sites (N-methyl/N-ethyl adjacent to an activating group) is 1. The summed E-state index contributed by atoms with van der Waals surface area (Å²) in [5, 5.41) is 5.79. The van der Waals surface area contributed by atoms with Crippen LogP contribution in [0.1, 0.15) is 18.4 Å². The lowest BCUT2D eigenvalue weighted by Crippen LogP contribution is -2.46. The molecule has 0 saturated carbocycles. The van der Waals surface area contributed by atoms with E-state index in [1.165, 1.54) is 12.1 Å². The van der Waals surface area contributed by atoms with E-state index in [9.17, 15) is 9.18 Å². The topological polar surface area (TPSA) is 50.4 Å². The summed E-state index contributed by atoms with van der Waals surface area (Å²) in [6.07, 6.45) is 1.66. The average Bonchev–Trinajstić information content (AvgIpc) is 2.47. The van der Waals surface area contributed by atoms with Crippen molar-refractivity contribution < 1.29 is 13.9 Å². The number of nitrogens with one attached hydrogen (secondary N) is 2. The zero-order chi connectivity index (χ0) is 14.4. The molecule has 1 amide bonds. The van der Waals surface area contributed by atoms with Crippen molar-refractivity contribution in [3.8, 4) is 0 Å². The molecule has 1 aromatic carbocycles. The van der Waals surface area contributed by atoms with E-state index in [2.05, 4.69) is 10.6 Å². The van der Waals surface area contributed by atoms with Crippen molar-refractivity contribution in [3.05, 3.63) is 35.6 Å². The van der Waals surface area contributed by atoms with E-state index in [-0.39, 0.29) is 17.1 Å². The molecule has 2 rings (SSSR count). The van der Waals surface area contributed by atoms with E-state index in [4.69, 9.17) is 4.74 Å². The Bertz CT molecular complexity index is 442. The maximum atomic E-state index is 13.1. The fraction of sp³-hybridized carbons (Fsp3) is 0.533. The predicted octanol–water partition coefficient (Wildman–Crippen LogP) is 1.21. The second kappa shape index (κ2) is 6.81. The Labute approximate surface area is 118 Å². The molecule has 0 unspecified atom stereocenters. The largest absolute Gasteiger partial charge is 0.381 e. The number of carbonyl (C=O) groups is 1. The summed E-state index contributed by atoms with van der Waals surface area (Å²) in [6, 6.07) is 6.57. The molecule has 0 aliphatic carbocycles. The molecule has 1 aromatic rings. The first-order valence-electron chi connectivity index (χ1n) is 6.91. The van der Waals surface area contributed by atoms with Gasteiger partial charge in [0.1, 0.15) is 5.82 Å². The van der Waals surface area contributed by atoms with Gasteiger partial charge in [-0.2, -0.15) is 0 Å². The minimum Gasteiger partial charge on any atom is -0.381 e. The third kappa shape index (κ3) is 3.55. The first-order chi connectivity index (χ1) is 9.66. The standard InChI is InChI=1S/C15H21FN2O2/c1-17-10-14(19)18-11-15(6-8-20-9-7-15)12-2-4-13(16)5-3-12/h2-5,17H,6-11H2,1H3,(H,18,19). The van der Waals surface area contributed by atoms with E-state index < -0.39 is 0 Å². The summed E-state index contributed by atoms with van der Waals surface area (Å²) in [5.41, 5.74) is 0.905. The highest BCUT2D eigenvalue weighted by molar-refractivity contribution is 5.78. The van der Waals surface area contributed by atoms with Gasteiger partial charge in [-0.1, -0.05) is 12.1 Å². The van der Waals surface area contributed by atoms with E-state index in [1.54, 1.807) is 7.05 Å². The minimum atomic E-state index is -0.241. The Morgan fingerprint density at radius 3 is 2.55 bits per heavy atom. The van der Waals surface area contributed by atoms with Gasteiger partial charge in [0.15, 0.2) is 0 Å². The molecule has 4 nitrogen and oxygen atoms in total. The van der Waals surface area contributed by atoms with Gasteiger partial charge in [-0.3, -0.25) is 4.79 Å². The minimum absolute atomic E-state index is 0.0273. The van der Waals surface area contributed by atoms with Crippen molar-refractivity contribution in [1.29, 1.82) is 0 Å². The Morgan fingerprint density at radius 2 is 1.95 bits per heavy atom. The van der Waals surface area contributed by atoms with E-state index >= 15 is 0 Å². The van der Waals surface area contributed by atoms with Crippen molar-refractivity contribution >= 4 is 5.91 Å². The number of halogens is 1. The second-order valence-corrected chi connectivity index (χ2v) is 5.21. The van der Waals surface area contributed by atoms with Gasteiger partial charge >= 0.3 is 0 Å². The smallest absolute Gasteiger partial charge is 0.233 e. The lowest BCUT2D eigenvalue weighted by atomic mass is 9.74. The molecule has 0 bridgehead atoms. The molecule has 110 valence electrons. The van der Waals surface area contributed by atoms with Gasteiger partial charge in [-0.15, -0.1) is 0 Å². The van der Waals surface area contributed by atoms with Crippen LogP contribution < -0.4 is 10.6 Å². The highest BCUT2D eigenvalue weighted by Crippen LogP contribution is 2.34. The highest BCUT2D eigenvalue weighted by atomic mass is 19.1. The Hall–Kier alpha value is -1.46. The van der Waals surface area contributed by atoms with Gasteiger partial charge in [-0.25, -0.2) is 4.39 Å². The van der Waals surface area contributed by atoms with Crippen LogP contribution in [0.2, 0.25) is 0 Å². The SMILES string of the molecule is CNCC(=O)NCC1(c2ccc(F)cc2)CCOCC1. The molecule has 2 N–H and O–H groups in total. The zero-order valence-corrected chi connectivity index (χ0v) is 11.7. The van der Waals surface area contributed by atoms with Gasteiger partial charge in [0.2, 0.25) is 5.91 Å². The molecule has 0 radical (unpaired) electrons. The third-order valence-corrected chi connectivity index (χ3v) is 3.87. The van der Waals surface area contributed by atoms with E-state index in [1.807, 2.05) is 12.1 Å². The predicted molar refractivity (Wildman–Crippen MR) is 75.1 cm³/mol. The van der Waals surface area contributed by atoms with Gasteiger partial charge in [0, 0.05) is 25.2 Å². The van der Waals surface area contributed by atoms with Gasteiger partial charge in [-0.05, 0) is 37.6 Å². The maximum absolute atomic E-state index is 13.1. The zero-order valence-electron chi connectivity index (χ0n) is 11.7.